The van der Waals surface area contributed by atoms with Crippen molar-refractivity contribution in [3.05, 3.63) is 65.2 Å². The Morgan fingerprint density at radius 2 is 2.07 bits per heavy atom. The highest BCUT2D eigenvalue weighted by Crippen LogP contribution is 2.28. The van der Waals surface area contributed by atoms with E-state index < -0.39 is 6.04 Å². The van der Waals surface area contributed by atoms with Gasteiger partial charge in [0.15, 0.2) is 6.04 Å². The van der Waals surface area contributed by atoms with E-state index in [0.29, 0.717) is 19.0 Å². The second-order valence-corrected chi connectivity index (χ2v) is 8.44. The average molecular weight is 425 g/mol. The van der Waals surface area contributed by atoms with Gasteiger partial charge >= 0.3 is 5.97 Å². The Labute approximate surface area is 177 Å². The van der Waals surface area contributed by atoms with Crippen LogP contribution in [0.2, 0.25) is 0 Å². The third kappa shape index (κ3) is 5.05. The minimum Gasteiger partial charge on any atom is -0.489 e. The van der Waals surface area contributed by atoms with Crippen LogP contribution in [0, 0.1) is 0 Å². The maximum absolute atomic E-state index is 11.8. The minimum atomic E-state index is -0.403. The summed E-state index contributed by atoms with van der Waals surface area (Å²) < 4.78 is 12.0. The van der Waals surface area contributed by atoms with E-state index in [1.54, 1.807) is 30.0 Å². The Balaban J connectivity index is 1.42. The SMILES string of the molecule is CCOC(=O)C1CSC(C=Cc2nc3ccc(OCc4ccccc4)cc3s2)=N1. The van der Waals surface area contributed by atoms with Crippen molar-refractivity contribution < 1.29 is 14.3 Å². The maximum atomic E-state index is 11.8. The van der Waals surface area contributed by atoms with Gasteiger partial charge in [0, 0.05) is 5.75 Å². The molecule has 3 aromatic rings. The summed E-state index contributed by atoms with van der Waals surface area (Å²) in [5.41, 5.74) is 2.07. The summed E-state index contributed by atoms with van der Waals surface area (Å²) in [5, 5.41) is 1.72. The molecule has 0 fully saturated rings. The molecule has 29 heavy (non-hydrogen) atoms. The molecule has 1 aliphatic heterocycles. The van der Waals surface area contributed by atoms with E-state index in [4.69, 9.17) is 9.47 Å². The van der Waals surface area contributed by atoms with E-state index >= 15 is 0 Å². The van der Waals surface area contributed by atoms with E-state index in [9.17, 15) is 4.79 Å². The molecule has 2 heterocycles. The number of thioether (sulfide) groups is 1. The van der Waals surface area contributed by atoms with Crippen molar-refractivity contribution in [2.75, 3.05) is 12.4 Å². The van der Waals surface area contributed by atoms with Gasteiger partial charge in [-0.15, -0.1) is 23.1 Å². The van der Waals surface area contributed by atoms with Crippen LogP contribution in [0.15, 0.2) is 59.6 Å². The topological polar surface area (TPSA) is 60.8 Å². The van der Waals surface area contributed by atoms with Gasteiger partial charge in [0.05, 0.1) is 21.9 Å². The number of esters is 1. The number of carbonyl (C=O) groups excluding carboxylic acids is 1. The van der Waals surface area contributed by atoms with E-state index in [2.05, 4.69) is 9.98 Å². The molecule has 1 aromatic heterocycles. The molecule has 0 spiro atoms. The molecule has 1 atom stereocenters. The number of rotatable bonds is 7. The zero-order valence-corrected chi connectivity index (χ0v) is 17.5. The summed E-state index contributed by atoms with van der Waals surface area (Å²) in [4.78, 5) is 20.8. The van der Waals surface area contributed by atoms with Gasteiger partial charge in [-0.05, 0) is 42.8 Å². The lowest BCUT2D eigenvalue weighted by atomic mass is 10.2. The molecule has 2 aromatic carbocycles. The first-order chi connectivity index (χ1) is 14.2. The van der Waals surface area contributed by atoms with Gasteiger partial charge < -0.3 is 9.47 Å². The highest BCUT2D eigenvalue weighted by Gasteiger charge is 2.24. The zero-order valence-electron chi connectivity index (χ0n) is 15.9. The van der Waals surface area contributed by atoms with Gasteiger partial charge in [-0.2, -0.15) is 0 Å². The molecule has 0 N–H and O–H groups in total. The molecule has 148 valence electrons. The van der Waals surface area contributed by atoms with Crippen molar-refractivity contribution in [3.63, 3.8) is 0 Å². The number of ether oxygens (including phenoxy) is 2. The van der Waals surface area contributed by atoms with Crippen molar-refractivity contribution >= 4 is 50.4 Å². The Morgan fingerprint density at radius 1 is 1.21 bits per heavy atom. The van der Waals surface area contributed by atoms with Gasteiger partial charge in [0.25, 0.3) is 0 Å². The first kappa shape index (κ1) is 19.7. The fourth-order valence-electron chi connectivity index (χ4n) is 2.81. The predicted molar refractivity (Wildman–Crippen MR) is 120 cm³/mol. The zero-order chi connectivity index (χ0) is 20.1. The fourth-order valence-corrected chi connectivity index (χ4v) is 4.61. The Kier molecular flexibility index (Phi) is 6.27. The molecule has 1 aliphatic rings. The van der Waals surface area contributed by atoms with Gasteiger partial charge in [-0.3, -0.25) is 4.99 Å². The van der Waals surface area contributed by atoms with Gasteiger partial charge in [0.2, 0.25) is 0 Å². The van der Waals surface area contributed by atoms with Crippen molar-refractivity contribution in [2.45, 2.75) is 19.6 Å². The lowest BCUT2D eigenvalue weighted by molar-refractivity contribution is -0.143. The average Bonchev–Trinajstić information content (AvgIpc) is 3.38. The molecule has 1 unspecified atom stereocenters. The minimum absolute atomic E-state index is 0.258. The molecule has 0 saturated heterocycles. The summed E-state index contributed by atoms with van der Waals surface area (Å²) in [6.45, 7) is 2.72. The third-order valence-corrected chi connectivity index (χ3v) is 6.23. The van der Waals surface area contributed by atoms with Crippen LogP contribution in [-0.4, -0.2) is 34.4 Å². The van der Waals surface area contributed by atoms with Crippen molar-refractivity contribution in [3.8, 4) is 5.75 Å². The van der Waals surface area contributed by atoms with E-state index in [-0.39, 0.29) is 5.97 Å². The second-order valence-electron chi connectivity index (χ2n) is 6.34. The third-order valence-electron chi connectivity index (χ3n) is 4.22. The van der Waals surface area contributed by atoms with Gasteiger partial charge in [0.1, 0.15) is 17.4 Å². The number of aromatic nitrogens is 1. The van der Waals surface area contributed by atoms with Crippen LogP contribution in [0.4, 0.5) is 0 Å². The largest absolute Gasteiger partial charge is 0.489 e. The highest BCUT2D eigenvalue weighted by atomic mass is 32.2. The van der Waals surface area contributed by atoms with Crippen LogP contribution in [0.3, 0.4) is 0 Å². The first-order valence-electron chi connectivity index (χ1n) is 9.34. The van der Waals surface area contributed by atoms with Crippen LogP contribution < -0.4 is 4.74 Å². The maximum Gasteiger partial charge on any atom is 0.331 e. The summed E-state index contributed by atoms with van der Waals surface area (Å²) in [7, 11) is 0. The summed E-state index contributed by atoms with van der Waals surface area (Å²) in [6, 6.07) is 15.6. The predicted octanol–water partition coefficient (Wildman–Crippen LogP) is 4.97. The smallest absolute Gasteiger partial charge is 0.331 e. The molecule has 5 nitrogen and oxygen atoms in total. The van der Waals surface area contributed by atoms with Crippen molar-refractivity contribution in [2.24, 2.45) is 4.99 Å². The molecule has 4 rings (SSSR count). The Bertz CT molecular complexity index is 1060. The number of hydrogen-bond donors (Lipinski definition) is 0. The lowest BCUT2D eigenvalue weighted by Crippen LogP contribution is -2.21. The van der Waals surface area contributed by atoms with Crippen molar-refractivity contribution in [1.82, 2.24) is 4.98 Å². The van der Waals surface area contributed by atoms with Crippen molar-refractivity contribution in [1.29, 1.82) is 0 Å². The molecule has 7 heteroatoms. The van der Waals surface area contributed by atoms with Crippen LogP contribution in [0.1, 0.15) is 17.5 Å². The number of nitrogens with zero attached hydrogens (tertiary/aromatic N) is 2. The number of aliphatic imine (C=N–C) groups is 1. The number of thiazole rings is 1. The first-order valence-corrected chi connectivity index (χ1v) is 11.1. The number of fused-ring (bicyclic) bond motifs is 1. The second kappa shape index (κ2) is 9.24. The quantitative estimate of drug-likeness (QED) is 0.502. The summed E-state index contributed by atoms with van der Waals surface area (Å²) in [5.74, 6) is 1.19. The molecule has 0 amide bonds. The van der Waals surface area contributed by atoms with Crippen LogP contribution in [0.25, 0.3) is 16.3 Å². The molecule has 0 radical (unpaired) electrons. The standard InChI is InChI=1S/C22H20N2O3S2/c1-2-26-22(25)18-14-28-20(24-18)10-11-21-23-17-9-8-16(12-19(17)29-21)27-13-15-6-4-3-5-7-15/h3-12,18H,2,13-14H2,1H3. The normalized spacial score (nSPS) is 16.3. The summed E-state index contributed by atoms with van der Waals surface area (Å²) in [6.07, 6.45) is 3.85. The van der Waals surface area contributed by atoms with E-state index in [1.165, 1.54) is 0 Å². The number of benzene rings is 2. The molecular weight excluding hydrogens is 404 g/mol. The number of carbonyl (C=O) groups is 1. The van der Waals surface area contributed by atoms with Gasteiger partial charge in [-0.1, -0.05) is 30.3 Å². The van der Waals surface area contributed by atoms with Crippen LogP contribution in [0.5, 0.6) is 5.75 Å². The molecular formula is C22H20N2O3S2. The van der Waals surface area contributed by atoms with Gasteiger partial charge in [-0.25, -0.2) is 9.78 Å². The Hall–Kier alpha value is -2.64. The van der Waals surface area contributed by atoms with Crippen LogP contribution in [-0.2, 0) is 16.1 Å². The van der Waals surface area contributed by atoms with Crippen LogP contribution >= 0.6 is 23.1 Å². The highest BCUT2D eigenvalue weighted by molar-refractivity contribution is 8.14. The molecule has 0 bridgehead atoms. The molecule has 0 aliphatic carbocycles. The monoisotopic (exact) mass is 424 g/mol. The number of hydrogen-bond acceptors (Lipinski definition) is 7. The van der Waals surface area contributed by atoms with E-state index in [1.807, 2.05) is 60.7 Å². The lowest BCUT2D eigenvalue weighted by Gasteiger charge is -2.05. The Morgan fingerprint density at radius 3 is 2.90 bits per heavy atom. The molecule has 0 saturated carbocycles. The van der Waals surface area contributed by atoms with E-state index in [0.717, 1.165) is 31.6 Å². The summed E-state index contributed by atoms with van der Waals surface area (Å²) >= 11 is 3.15. The fraction of sp³-hybridized carbons (Fsp3) is 0.227.